The summed E-state index contributed by atoms with van der Waals surface area (Å²) in [7, 11) is 0. The van der Waals surface area contributed by atoms with Crippen molar-refractivity contribution >= 4 is 0 Å². The Morgan fingerprint density at radius 3 is 2.70 bits per heavy atom. The van der Waals surface area contributed by atoms with E-state index in [0.29, 0.717) is 0 Å². The molecule has 10 heavy (non-hydrogen) atoms. The Hall–Kier alpha value is -0.260. The van der Waals surface area contributed by atoms with Crippen LogP contribution in [0.15, 0.2) is 12.2 Å². The van der Waals surface area contributed by atoms with Crippen molar-refractivity contribution in [2.45, 2.75) is 39.5 Å². The van der Waals surface area contributed by atoms with Crippen LogP contribution in [0.3, 0.4) is 0 Å². The quantitative estimate of drug-likeness (QED) is 0.450. The van der Waals surface area contributed by atoms with E-state index in [1.807, 2.05) is 0 Å². The van der Waals surface area contributed by atoms with Crippen LogP contribution < -0.4 is 0 Å². The van der Waals surface area contributed by atoms with Gasteiger partial charge in [-0.05, 0) is 31.1 Å². The Morgan fingerprint density at radius 1 is 1.10 bits per heavy atom. The van der Waals surface area contributed by atoms with E-state index in [9.17, 15) is 0 Å². The SMILES string of the molecule is CC1C/C=C\CCCC1C. The molecule has 0 amide bonds. The summed E-state index contributed by atoms with van der Waals surface area (Å²) in [6.07, 6.45) is 10.1. The second-order valence-electron chi connectivity index (χ2n) is 3.59. The molecule has 2 unspecified atom stereocenters. The molecule has 0 heteroatoms. The molecule has 0 heterocycles. The maximum Gasteiger partial charge on any atom is -0.0322 e. The highest BCUT2D eigenvalue weighted by Gasteiger charge is 2.10. The monoisotopic (exact) mass is 138 g/mol. The number of rotatable bonds is 0. The Bertz CT molecular complexity index is 113. The van der Waals surface area contributed by atoms with Crippen LogP contribution in [0.2, 0.25) is 0 Å². The van der Waals surface area contributed by atoms with Crippen LogP contribution in [0.4, 0.5) is 0 Å². The van der Waals surface area contributed by atoms with Gasteiger partial charge in [0.1, 0.15) is 0 Å². The van der Waals surface area contributed by atoms with Crippen LogP contribution in [0, 0.1) is 11.8 Å². The van der Waals surface area contributed by atoms with Gasteiger partial charge in [-0.1, -0.05) is 32.4 Å². The van der Waals surface area contributed by atoms with Crippen molar-refractivity contribution in [1.29, 1.82) is 0 Å². The first-order valence-corrected chi connectivity index (χ1v) is 4.45. The molecule has 0 bridgehead atoms. The fourth-order valence-corrected chi connectivity index (χ4v) is 1.50. The molecule has 0 fully saturated rings. The lowest BCUT2D eigenvalue weighted by atomic mass is 9.87. The molecular weight excluding hydrogens is 120 g/mol. The van der Waals surface area contributed by atoms with Gasteiger partial charge in [-0.2, -0.15) is 0 Å². The molecule has 0 nitrogen and oxygen atoms in total. The zero-order chi connectivity index (χ0) is 7.40. The highest BCUT2D eigenvalue weighted by Crippen LogP contribution is 2.23. The molecule has 0 saturated heterocycles. The third kappa shape index (κ3) is 2.17. The first kappa shape index (κ1) is 7.84. The molecule has 0 spiro atoms. The van der Waals surface area contributed by atoms with Crippen LogP contribution >= 0.6 is 0 Å². The smallest absolute Gasteiger partial charge is 0.0322 e. The lowest BCUT2D eigenvalue weighted by Gasteiger charge is -2.19. The van der Waals surface area contributed by atoms with Crippen molar-refractivity contribution in [2.75, 3.05) is 0 Å². The molecule has 0 saturated carbocycles. The molecule has 0 aromatic carbocycles. The van der Waals surface area contributed by atoms with Gasteiger partial charge in [0.15, 0.2) is 0 Å². The molecule has 1 aliphatic carbocycles. The highest BCUT2D eigenvalue weighted by atomic mass is 14.2. The summed E-state index contributed by atoms with van der Waals surface area (Å²) in [6.45, 7) is 4.74. The van der Waals surface area contributed by atoms with Crippen molar-refractivity contribution < 1.29 is 0 Å². The molecule has 0 N–H and O–H groups in total. The molecule has 1 aliphatic rings. The third-order valence-electron chi connectivity index (χ3n) is 2.68. The molecule has 0 aliphatic heterocycles. The van der Waals surface area contributed by atoms with Crippen molar-refractivity contribution in [2.24, 2.45) is 11.8 Å². The van der Waals surface area contributed by atoms with Crippen LogP contribution in [-0.2, 0) is 0 Å². The van der Waals surface area contributed by atoms with E-state index in [4.69, 9.17) is 0 Å². The molecule has 2 atom stereocenters. The maximum absolute atomic E-state index is 2.38. The first-order chi connectivity index (χ1) is 4.80. The highest BCUT2D eigenvalue weighted by molar-refractivity contribution is 4.86. The molecule has 1 rings (SSSR count). The molecule has 58 valence electrons. The predicted molar refractivity (Wildman–Crippen MR) is 45.9 cm³/mol. The fraction of sp³-hybridized carbons (Fsp3) is 0.800. The van der Waals surface area contributed by atoms with E-state index in [1.54, 1.807) is 0 Å². The summed E-state index contributed by atoms with van der Waals surface area (Å²) in [6, 6.07) is 0. The summed E-state index contributed by atoms with van der Waals surface area (Å²) in [5, 5.41) is 0. The van der Waals surface area contributed by atoms with Gasteiger partial charge in [-0.3, -0.25) is 0 Å². The lowest BCUT2D eigenvalue weighted by molar-refractivity contribution is 0.354. The molecule has 0 radical (unpaired) electrons. The summed E-state index contributed by atoms with van der Waals surface area (Å²) in [4.78, 5) is 0. The van der Waals surface area contributed by atoms with Gasteiger partial charge in [-0.15, -0.1) is 0 Å². The van der Waals surface area contributed by atoms with Gasteiger partial charge >= 0.3 is 0 Å². The van der Waals surface area contributed by atoms with E-state index in [-0.39, 0.29) is 0 Å². The van der Waals surface area contributed by atoms with E-state index in [2.05, 4.69) is 26.0 Å². The topological polar surface area (TPSA) is 0 Å². The molecule has 0 aromatic rings. The lowest BCUT2D eigenvalue weighted by Crippen LogP contribution is -2.07. The summed E-state index contributed by atoms with van der Waals surface area (Å²) >= 11 is 0. The van der Waals surface area contributed by atoms with E-state index in [0.717, 1.165) is 11.8 Å². The van der Waals surface area contributed by atoms with Gasteiger partial charge in [0.2, 0.25) is 0 Å². The Morgan fingerprint density at radius 2 is 1.90 bits per heavy atom. The van der Waals surface area contributed by atoms with Crippen molar-refractivity contribution in [3.63, 3.8) is 0 Å². The van der Waals surface area contributed by atoms with Crippen molar-refractivity contribution in [3.05, 3.63) is 12.2 Å². The normalized spacial score (nSPS) is 38.2. The largest absolute Gasteiger partial charge is 0.0885 e. The summed E-state index contributed by atoms with van der Waals surface area (Å²) in [5.74, 6) is 1.83. The first-order valence-electron chi connectivity index (χ1n) is 4.45. The average Bonchev–Trinajstić information content (AvgIpc) is 1.92. The second kappa shape index (κ2) is 3.80. The van der Waals surface area contributed by atoms with Crippen LogP contribution in [0.25, 0.3) is 0 Å². The second-order valence-corrected chi connectivity index (χ2v) is 3.59. The number of hydrogen-bond donors (Lipinski definition) is 0. The van der Waals surface area contributed by atoms with Crippen molar-refractivity contribution in [1.82, 2.24) is 0 Å². The van der Waals surface area contributed by atoms with Gasteiger partial charge < -0.3 is 0 Å². The Kier molecular flexibility index (Phi) is 2.98. The summed E-state index contributed by atoms with van der Waals surface area (Å²) in [5.41, 5.74) is 0. The number of hydrogen-bond acceptors (Lipinski definition) is 0. The Labute approximate surface area is 64.3 Å². The van der Waals surface area contributed by atoms with E-state index >= 15 is 0 Å². The van der Waals surface area contributed by atoms with E-state index < -0.39 is 0 Å². The minimum atomic E-state index is 0.900. The minimum absolute atomic E-state index is 0.900. The van der Waals surface area contributed by atoms with E-state index in [1.165, 1.54) is 25.7 Å². The molecule has 0 aromatic heterocycles. The zero-order valence-corrected chi connectivity index (χ0v) is 7.14. The maximum atomic E-state index is 2.38. The fourth-order valence-electron chi connectivity index (χ4n) is 1.50. The van der Waals surface area contributed by atoms with Crippen LogP contribution in [0.5, 0.6) is 0 Å². The molecular formula is C10H18. The summed E-state index contributed by atoms with van der Waals surface area (Å²) < 4.78 is 0. The average molecular weight is 138 g/mol. The standard InChI is InChI=1S/C10H18/c1-9-7-5-3-4-6-8-10(9)2/h3,5,9-10H,4,6-8H2,1-2H3/b5-3-. The van der Waals surface area contributed by atoms with Gasteiger partial charge in [0, 0.05) is 0 Å². The van der Waals surface area contributed by atoms with Gasteiger partial charge in [-0.25, -0.2) is 0 Å². The van der Waals surface area contributed by atoms with Crippen LogP contribution in [-0.4, -0.2) is 0 Å². The minimum Gasteiger partial charge on any atom is -0.0885 e. The predicted octanol–water partition coefficient (Wildman–Crippen LogP) is 3.39. The van der Waals surface area contributed by atoms with Crippen molar-refractivity contribution in [3.8, 4) is 0 Å². The van der Waals surface area contributed by atoms with Gasteiger partial charge in [0.25, 0.3) is 0 Å². The third-order valence-corrected chi connectivity index (χ3v) is 2.68. The Balaban J connectivity index is 2.41. The van der Waals surface area contributed by atoms with Gasteiger partial charge in [0.05, 0.1) is 0 Å². The number of allylic oxidation sites excluding steroid dienone is 2. The van der Waals surface area contributed by atoms with Crippen LogP contribution in [0.1, 0.15) is 39.5 Å². The zero-order valence-electron chi connectivity index (χ0n) is 7.14.